The molecule has 0 radical (unpaired) electrons. The van der Waals surface area contributed by atoms with Gasteiger partial charge in [-0.05, 0) is 31.2 Å². The number of aliphatic imine (C=N–C) groups is 1. The fraction of sp³-hybridized carbons (Fsp3) is 0.533. The second-order valence-electron chi connectivity index (χ2n) is 4.78. The molecule has 0 heterocycles. The first-order valence-electron chi connectivity index (χ1n) is 6.41. The standard InChI is InChI=1S/C15H21N/c1-13(15-10-6-3-7-11-15)16-12-14-8-4-2-5-9-14/h2,4-5,8-9,15H,3,6-7,10-12H2,1H3/b16-13+. The summed E-state index contributed by atoms with van der Waals surface area (Å²) in [4.78, 5) is 4.73. The van der Waals surface area contributed by atoms with E-state index >= 15 is 0 Å². The largest absolute Gasteiger partial charge is 0.289 e. The van der Waals surface area contributed by atoms with Crippen molar-refractivity contribution in [1.82, 2.24) is 0 Å². The molecule has 0 spiro atoms. The van der Waals surface area contributed by atoms with Crippen molar-refractivity contribution in [3.05, 3.63) is 35.9 Å². The van der Waals surface area contributed by atoms with Crippen molar-refractivity contribution in [2.45, 2.75) is 45.6 Å². The van der Waals surface area contributed by atoms with Crippen LogP contribution in [0.4, 0.5) is 0 Å². The minimum atomic E-state index is 0.762. The quantitative estimate of drug-likeness (QED) is 0.669. The van der Waals surface area contributed by atoms with Crippen LogP contribution in [0.3, 0.4) is 0 Å². The monoisotopic (exact) mass is 215 g/mol. The van der Waals surface area contributed by atoms with Crippen LogP contribution in [-0.2, 0) is 6.54 Å². The maximum atomic E-state index is 4.73. The van der Waals surface area contributed by atoms with Crippen molar-refractivity contribution in [3.8, 4) is 0 Å². The van der Waals surface area contributed by atoms with Gasteiger partial charge in [-0.3, -0.25) is 4.99 Å². The summed E-state index contributed by atoms with van der Waals surface area (Å²) in [5.74, 6) is 0.762. The van der Waals surface area contributed by atoms with Crippen LogP contribution < -0.4 is 0 Å². The number of hydrogen-bond acceptors (Lipinski definition) is 1. The molecule has 1 aliphatic rings. The van der Waals surface area contributed by atoms with E-state index in [2.05, 4.69) is 37.3 Å². The molecule has 16 heavy (non-hydrogen) atoms. The molecular formula is C15H21N. The Morgan fingerprint density at radius 3 is 2.50 bits per heavy atom. The molecule has 0 bridgehead atoms. The minimum Gasteiger partial charge on any atom is -0.289 e. The third-order valence-corrected chi connectivity index (χ3v) is 3.55. The van der Waals surface area contributed by atoms with Gasteiger partial charge in [-0.2, -0.15) is 0 Å². The van der Waals surface area contributed by atoms with E-state index in [-0.39, 0.29) is 0 Å². The van der Waals surface area contributed by atoms with E-state index in [0.29, 0.717) is 0 Å². The van der Waals surface area contributed by atoms with Gasteiger partial charge < -0.3 is 0 Å². The third-order valence-electron chi connectivity index (χ3n) is 3.55. The Labute approximate surface area is 98.6 Å². The zero-order chi connectivity index (χ0) is 11.2. The topological polar surface area (TPSA) is 12.4 Å². The lowest BCUT2D eigenvalue weighted by Gasteiger charge is -2.21. The van der Waals surface area contributed by atoms with E-state index in [4.69, 9.17) is 4.99 Å². The molecule has 1 aromatic carbocycles. The predicted molar refractivity (Wildman–Crippen MR) is 69.8 cm³/mol. The number of hydrogen-bond donors (Lipinski definition) is 0. The molecule has 0 atom stereocenters. The lowest BCUT2D eigenvalue weighted by Crippen LogP contribution is -2.15. The smallest absolute Gasteiger partial charge is 0.0639 e. The van der Waals surface area contributed by atoms with E-state index in [1.54, 1.807) is 0 Å². The molecule has 0 saturated heterocycles. The maximum absolute atomic E-state index is 4.73. The molecule has 0 N–H and O–H groups in total. The van der Waals surface area contributed by atoms with E-state index in [1.807, 2.05) is 0 Å². The van der Waals surface area contributed by atoms with Crippen molar-refractivity contribution >= 4 is 5.71 Å². The van der Waals surface area contributed by atoms with E-state index in [1.165, 1.54) is 43.4 Å². The highest BCUT2D eigenvalue weighted by molar-refractivity contribution is 5.84. The van der Waals surface area contributed by atoms with Crippen LogP contribution in [0, 0.1) is 5.92 Å². The van der Waals surface area contributed by atoms with Crippen molar-refractivity contribution in [3.63, 3.8) is 0 Å². The van der Waals surface area contributed by atoms with Gasteiger partial charge in [0.15, 0.2) is 0 Å². The fourth-order valence-corrected chi connectivity index (χ4v) is 2.45. The second-order valence-corrected chi connectivity index (χ2v) is 4.78. The molecule has 86 valence electrons. The van der Waals surface area contributed by atoms with E-state index in [0.717, 1.165) is 12.5 Å². The van der Waals surface area contributed by atoms with Crippen LogP contribution in [0.5, 0.6) is 0 Å². The molecule has 1 heteroatoms. The average molecular weight is 215 g/mol. The highest BCUT2D eigenvalue weighted by Gasteiger charge is 2.15. The average Bonchev–Trinajstić information content (AvgIpc) is 2.38. The van der Waals surface area contributed by atoms with Gasteiger partial charge in [0.1, 0.15) is 0 Å². The molecule has 1 saturated carbocycles. The van der Waals surface area contributed by atoms with Crippen LogP contribution in [0.15, 0.2) is 35.3 Å². The Bertz CT molecular complexity index is 334. The first-order valence-corrected chi connectivity index (χ1v) is 6.41. The summed E-state index contributed by atoms with van der Waals surface area (Å²) in [7, 11) is 0. The van der Waals surface area contributed by atoms with Gasteiger partial charge in [-0.25, -0.2) is 0 Å². The molecular weight excluding hydrogens is 194 g/mol. The highest BCUT2D eigenvalue weighted by atomic mass is 14.7. The molecule has 0 aliphatic heterocycles. The van der Waals surface area contributed by atoms with Crippen molar-refractivity contribution in [2.24, 2.45) is 10.9 Å². The zero-order valence-electron chi connectivity index (χ0n) is 10.2. The summed E-state index contributed by atoms with van der Waals surface area (Å²) in [6, 6.07) is 10.5. The molecule has 0 amide bonds. The normalized spacial score (nSPS) is 18.7. The molecule has 1 aromatic rings. The van der Waals surface area contributed by atoms with Gasteiger partial charge in [0.2, 0.25) is 0 Å². The summed E-state index contributed by atoms with van der Waals surface area (Å²) < 4.78 is 0. The van der Waals surface area contributed by atoms with E-state index in [9.17, 15) is 0 Å². The first-order chi connectivity index (χ1) is 7.86. The lowest BCUT2D eigenvalue weighted by molar-refractivity contribution is 0.437. The number of rotatable bonds is 3. The summed E-state index contributed by atoms with van der Waals surface area (Å²) in [5.41, 5.74) is 2.68. The van der Waals surface area contributed by atoms with Gasteiger partial charge in [0.05, 0.1) is 6.54 Å². The Morgan fingerprint density at radius 2 is 1.81 bits per heavy atom. The minimum absolute atomic E-state index is 0.762. The first kappa shape index (κ1) is 11.4. The van der Waals surface area contributed by atoms with Gasteiger partial charge in [0.25, 0.3) is 0 Å². The summed E-state index contributed by atoms with van der Waals surface area (Å²) in [5, 5.41) is 0. The number of benzene rings is 1. The molecule has 0 aromatic heterocycles. The fourth-order valence-electron chi connectivity index (χ4n) is 2.45. The molecule has 1 fully saturated rings. The van der Waals surface area contributed by atoms with Crippen molar-refractivity contribution in [2.75, 3.05) is 0 Å². The third kappa shape index (κ3) is 3.19. The van der Waals surface area contributed by atoms with Gasteiger partial charge in [-0.15, -0.1) is 0 Å². The van der Waals surface area contributed by atoms with Gasteiger partial charge >= 0.3 is 0 Å². The van der Waals surface area contributed by atoms with Crippen LogP contribution >= 0.6 is 0 Å². The summed E-state index contributed by atoms with van der Waals surface area (Å²) in [6.45, 7) is 3.06. The summed E-state index contributed by atoms with van der Waals surface area (Å²) >= 11 is 0. The van der Waals surface area contributed by atoms with Crippen LogP contribution in [0.25, 0.3) is 0 Å². The Balaban J connectivity index is 1.91. The SMILES string of the molecule is C/C(=N\Cc1ccccc1)C1CCCCC1. The second kappa shape index (κ2) is 5.83. The molecule has 0 unspecified atom stereocenters. The van der Waals surface area contributed by atoms with Crippen LogP contribution in [-0.4, -0.2) is 5.71 Å². The maximum Gasteiger partial charge on any atom is 0.0639 e. The summed E-state index contributed by atoms with van der Waals surface area (Å²) in [6.07, 6.45) is 6.91. The van der Waals surface area contributed by atoms with Gasteiger partial charge in [0, 0.05) is 5.71 Å². The predicted octanol–water partition coefficient (Wildman–Crippen LogP) is 4.23. The Hall–Kier alpha value is -1.11. The molecule has 2 rings (SSSR count). The van der Waals surface area contributed by atoms with Crippen LogP contribution in [0.2, 0.25) is 0 Å². The van der Waals surface area contributed by atoms with Crippen molar-refractivity contribution in [1.29, 1.82) is 0 Å². The van der Waals surface area contributed by atoms with Crippen LogP contribution in [0.1, 0.15) is 44.6 Å². The number of nitrogens with zero attached hydrogens (tertiary/aromatic N) is 1. The van der Waals surface area contributed by atoms with Crippen molar-refractivity contribution < 1.29 is 0 Å². The Morgan fingerprint density at radius 1 is 1.12 bits per heavy atom. The van der Waals surface area contributed by atoms with E-state index < -0.39 is 0 Å². The molecule has 1 aliphatic carbocycles. The zero-order valence-corrected chi connectivity index (χ0v) is 10.2. The molecule has 1 nitrogen and oxygen atoms in total. The lowest BCUT2D eigenvalue weighted by atomic mass is 9.86. The van der Waals surface area contributed by atoms with Gasteiger partial charge in [-0.1, -0.05) is 49.6 Å². The highest BCUT2D eigenvalue weighted by Crippen LogP contribution is 2.25. The Kier molecular flexibility index (Phi) is 4.15.